The standard InChI is InChI=1S/C43H82NO5.CH4O4S/c1-5-7-9-11-13-15-17-19-21-23-25-27-29-31-33-35-42(45)48-39-37-41(3)44(4,47)38-40-49-43(46)36-34-32-30-28-26-24-22-20-18-16-14-12-10-8-6-2;1-5-6(2,3)4/h19-22,41,47H,5-18,23-40H2,1-4H3;1H3,(H,2,3,4)/q+1;/p-1/b21-19-,22-20-;. The molecule has 0 spiro atoms. The summed E-state index contributed by atoms with van der Waals surface area (Å²) in [7, 11) is -1.89. The Bertz CT molecular complexity index is 1030. The summed E-state index contributed by atoms with van der Waals surface area (Å²) >= 11 is 0. The summed E-state index contributed by atoms with van der Waals surface area (Å²) in [5, 5.41) is 10.8. The Labute approximate surface area is 338 Å². The Hall–Kier alpha value is -1.79. The minimum Gasteiger partial charge on any atom is -0.726 e. The predicted molar refractivity (Wildman–Crippen MR) is 224 cm³/mol. The second kappa shape index (κ2) is 40.4. The molecule has 0 heterocycles. The van der Waals surface area contributed by atoms with Crippen molar-refractivity contribution in [3.8, 4) is 0 Å². The highest BCUT2D eigenvalue weighted by Gasteiger charge is 2.28. The van der Waals surface area contributed by atoms with E-state index in [2.05, 4.69) is 42.3 Å². The molecule has 0 bridgehead atoms. The number of hydrogen-bond donors (Lipinski definition) is 1. The van der Waals surface area contributed by atoms with Gasteiger partial charge in [-0.1, -0.05) is 141 Å². The van der Waals surface area contributed by atoms with Crippen molar-refractivity contribution in [1.29, 1.82) is 0 Å². The predicted octanol–water partition coefficient (Wildman–Crippen LogP) is 11.9. The summed E-state index contributed by atoms with van der Waals surface area (Å²) in [5.74, 6) is -0.337. The lowest BCUT2D eigenvalue weighted by Crippen LogP contribution is -2.50. The van der Waals surface area contributed by atoms with E-state index in [4.69, 9.17) is 9.47 Å². The molecule has 0 aromatic heterocycles. The molecular formula is C44H85NO9S. The number of nitrogens with zero attached hydrogens (tertiary/aromatic N) is 1. The number of esters is 2. The minimum atomic E-state index is -4.41. The molecule has 0 amide bonds. The van der Waals surface area contributed by atoms with Gasteiger partial charge in [-0.05, 0) is 71.1 Å². The first-order chi connectivity index (χ1) is 26.4. The molecule has 0 rings (SSSR count). The van der Waals surface area contributed by atoms with E-state index in [0.29, 0.717) is 32.4 Å². The molecular weight excluding hydrogens is 719 g/mol. The second-order valence-electron chi connectivity index (χ2n) is 15.3. The van der Waals surface area contributed by atoms with Gasteiger partial charge in [0.05, 0.1) is 20.8 Å². The molecule has 0 saturated carbocycles. The molecule has 2 unspecified atom stereocenters. The molecule has 0 aromatic rings. The zero-order valence-corrected chi connectivity index (χ0v) is 36.9. The fraction of sp³-hybridized carbons (Fsp3) is 0.864. The number of allylic oxidation sites excluding steroid dienone is 4. The Morgan fingerprint density at radius 1 is 0.600 bits per heavy atom. The van der Waals surface area contributed by atoms with Gasteiger partial charge in [0.25, 0.3) is 0 Å². The van der Waals surface area contributed by atoms with Crippen molar-refractivity contribution in [1.82, 2.24) is 0 Å². The molecule has 0 aliphatic rings. The molecule has 0 aliphatic heterocycles. The fourth-order valence-corrected chi connectivity index (χ4v) is 6.01. The normalized spacial score (nSPS) is 13.4. The monoisotopic (exact) mass is 804 g/mol. The highest BCUT2D eigenvalue weighted by atomic mass is 32.3. The number of hydrogen-bond acceptors (Lipinski definition) is 9. The molecule has 0 aromatic carbocycles. The van der Waals surface area contributed by atoms with Crippen LogP contribution >= 0.6 is 0 Å². The van der Waals surface area contributed by atoms with Crippen LogP contribution in [0.1, 0.15) is 207 Å². The SMILES string of the molecule is CCCCCCCC/C=C\CCCCCCCC(=O)OCCC(C)[N+](C)(O)CCOC(=O)CCCCCCC/C=C\CCCCCCCC.COS(=O)(=O)[O-]. The van der Waals surface area contributed by atoms with E-state index in [1.807, 2.05) is 6.92 Å². The van der Waals surface area contributed by atoms with Crippen LogP contribution in [0, 0.1) is 0 Å². The van der Waals surface area contributed by atoms with Gasteiger partial charge in [-0.25, -0.2) is 13.6 Å². The van der Waals surface area contributed by atoms with Crippen LogP contribution in [0.4, 0.5) is 0 Å². The smallest absolute Gasteiger partial charge is 0.305 e. The first-order valence-corrected chi connectivity index (χ1v) is 23.4. The summed E-state index contributed by atoms with van der Waals surface area (Å²) in [4.78, 5) is 24.3. The van der Waals surface area contributed by atoms with Gasteiger partial charge in [0, 0.05) is 19.3 Å². The van der Waals surface area contributed by atoms with Gasteiger partial charge < -0.3 is 14.0 Å². The second-order valence-corrected chi connectivity index (χ2v) is 16.4. The average molecular weight is 804 g/mol. The molecule has 2 atom stereocenters. The Balaban J connectivity index is 0. The van der Waals surface area contributed by atoms with Crippen molar-refractivity contribution < 1.29 is 46.1 Å². The first kappa shape index (κ1) is 55.3. The maximum absolute atomic E-state index is 12.1. The maximum atomic E-state index is 12.1. The lowest BCUT2D eigenvalue weighted by Gasteiger charge is -2.31. The average Bonchev–Trinajstić information content (AvgIpc) is 3.14. The van der Waals surface area contributed by atoms with Crippen molar-refractivity contribution in [3.63, 3.8) is 0 Å². The van der Waals surface area contributed by atoms with Gasteiger partial charge in [-0.2, -0.15) is 4.65 Å². The lowest BCUT2D eigenvalue weighted by molar-refractivity contribution is -1.10. The third-order valence-corrected chi connectivity index (χ3v) is 10.5. The van der Waals surface area contributed by atoms with Gasteiger partial charge in [-0.3, -0.25) is 13.8 Å². The van der Waals surface area contributed by atoms with Gasteiger partial charge in [0.1, 0.15) is 19.2 Å². The van der Waals surface area contributed by atoms with E-state index in [1.54, 1.807) is 7.05 Å². The van der Waals surface area contributed by atoms with Crippen LogP contribution in [0.3, 0.4) is 0 Å². The summed E-state index contributed by atoms with van der Waals surface area (Å²) in [5.41, 5.74) is 0. The molecule has 0 aliphatic carbocycles. The quantitative estimate of drug-likeness (QED) is 0.0123. The minimum absolute atomic E-state index is 0.128. The Kier molecular flexibility index (Phi) is 40.6. The lowest BCUT2D eigenvalue weighted by atomic mass is 10.1. The highest BCUT2D eigenvalue weighted by Crippen LogP contribution is 2.14. The highest BCUT2D eigenvalue weighted by molar-refractivity contribution is 7.80. The van der Waals surface area contributed by atoms with Gasteiger partial charge in [0.2, 0.25) is 10.4 Å². The molecule has 11 heteroatoms. The summed E-state index contributed by atoms with van der Waals surface area (Å²) < 4.78 is 41.6. The number of likely N-dealkylation sites (N-methyl/N-ethyl adjacent to an activating group) is 1. The zero-order valence-electron chi connectivity index (χ0n) is 36.1. The Morgan fingerprint density at radius 3 is 1.25 bits per heavy atom. The number of unbranched alkanes of at least 4 members (excludes halogenated alkanes) is 22. The molecule has 0 saturated heterocycles. The molecule has 55 heavy (non-hydrogen) atoms. The third kappa shape index (κ3) is 44.8. The Morgan fingerprint density at radius 2 is 0.909 bits per heavy atom. The third-order valence-electron chi connectivity index (χ3n) is 10.0. The topological polar surface area (TPSA) is 139 Å². The summed E-state index contributed by atoms with van der Waals surface area (Å²) in [6, 6.07) is -0.128. The van der Waals surface area contributed by atoms with Crippen molar-refractivity contribution in [2.45, 2.75) is 213 Å². The molecule has 326 valence electrons. The number of carbonyl (C=O) groups is 2. The van der Waals surface area contributed by atoms with E-state index in [-0.39, 0.29) is 29.2 Å². The molecule has 0 fully saturated rings. The summed E-state index contributed by atoms with van der Waals surface area (Å²) in [6.07, 6.45) is 42.9. The number of carbonyl (C=O) groups excluding carboxylic acids is 2. The summed E-state index contributed by atoms with van der Waals surface area (Å²) in [6.45, 7) is 7.27. The van der Waals surface area contributed by atoms with Gasteiger partial charge in [-0.15, -0.1) is 0 Å². The number of ether oxygens (including phenoxy) is 2. The van der Waals surface area contributed by atoms with Crippen LogP contribution < -0.4 is 0 Å². The largest absolute Gasteiger partial charge is 0.726 e. The van der Waals surface area contributed by atoms with Crippen molar-refractivity contribution >= 4 is 22.3 Å². The maximum Gasteiger partial charge on any atom is 0.305 e. The van der Waals surface area contributed by atoms with Crippen LogP contribution in [-0.4, -0.2) is 74.7 Å². The van der Waals surface area contributed by atoms with Crippen LogP contribution in [0.2, 0.25) is 0 Å². The fourth-order valence-electron chi connectivity index (χ4n) is 6.01. The van der Waals surface area contributed by atoms with E-state index >= 15 is 0 Å². The number of hydroxylamine groups is 3. The first-order valence-electron chi connectivity index (χ1n) is 22.1. The van der Waals surface area contributed by atoms with Gasteiger partial charge in [0.15, 0.2) is 0 Å². The van der Waals surface area contributed by atoms with E-state index in [0.717, 1.165) is 52.1 Å². The van der Waals surface area contributed by atoms with E-state index in [9.17, 15) is 27.8 Å². The van der Waals surface area contributed by atoms with Crippen LogP contribution in [0.25, 0.3) is 0 Å². The molecule has 10 nitrogen and oxygen atoms in total. The molecule has 1 N–H and O–H groups in total. The van der Waals surface area contributed by atoms with Crippen LogP contribution in [-0.2, 0) is 33.6 Å². The van der Waals surface area contributed by atoms with Crippen molar-refractivity contribution in [2.24, 2.45) is 0 Å². The van der Waals surface area contributed by atoms with Crippen LogP contribution in [0.15, 0.2) is 24.3 Å². The van der Waals surface area contributed by atoms with E-state index in [1.165, 1.54) is 122 Å². The van der Waals surface area contributed by atoms with Gasteiger partial charge >= 0.3 is 11.9 Å². The van der Waals surface area contributed by atoms with Crippen molar-refractivity contribution in [3.05, 3.63) is 24.3 Å². The van der Waals surface area contributed by atoms with E-state index < -0.39 is 10.4 Å². The zero-order chi connectivity index (χ0) is 41.3. The molecule has 0 radical (unpaired) electrons. The van der Waals surface area contributed by atoms with Crippen LogP contribution in [0.5, 0.6) is 0 Å². The van der Waals surface area contributed by atoms with Crippen molar-refractivity contribution in [2.75, 3.05) is 33.9 Å². The number of quaternary nitrogens is 1. The number of rotatable bonds is 38.